The van der Waals surface area contributed by atoms with E-state index >= 15 is 0 Å². The summed E-state index contributed by atoms with van der Waals surface area (Å²) in [5, 5.41) is 14.8. The number of nitro benzene ring substituents is 1. The quantitative estimate of drug-likeness (QED) is 0.489. The normalized spacial score (nSPS) is 11.4. The molecule has 0 fully saturated rings. The molecule has 0 amide bonds. The molecule has 0 atom stereocenters. The molecular formula is C16H10F3N3O4. The van der Waals surface area contributed by atoms with Gasteiger partial charge in [0.15, 0.2) is 0 Å². The van der Waals surface area contributed by atoms with E-state index in [-0.39, 0.29) is 11.5 Å². The van der Waals surface area contributed by atoms with Crippen LogP contribution in [0.15, 0.2) is 47.0 Å². The van der Waals surface area contributed by atoms with Crippen LogP contribution < -0.4 is 4.74 Å². The Balaban J connectivity index is 1.87. The van der Waals surface area contributed by atoms with Gasteiger partial charge in [0.2, 0.25) is 17.5 Å². The van der Waals surface area contributed by atoms with Crippen molar-refractivity contribution in [1.82, 2.24) is 10.1 Å². The number of halogens is 3. The van der Waals surface area contributed by atoms with E-state index in [2.05, 4.69) is 10.1 Å². The number of hydrogen-bond acceptors (Lipinski definition) is 6. The highest BCUT2D eigenvalue weighted by Crippen LogP contribution is 2.38. The fraction of sp³-hybridized carbons (Fsp3) is 0.125. The molecule has 0 saturated heterocycles. The van der Waals surface area contributed by atoms with Gasteiger partial charge in [-0.2, -0.15) is 18.2 Å². The van der Waals surface area contributed by atoms with Crippen molar-refractivity contribution >= 4 is 5.69 Å². The monoisotopic (exact) mass is 365 g/mol. The minimum absolute atomic E-state index is 0.205. The Morgan fingerprint density at radius 1 is 1.15 bits per heavy atom. The third-order valence-corrected chi connectivity index (χ3v) is 3.35. The van der Waals surface area contributed by atoms with Crippen LogP contribution >= 0.6 is 0 Å². The fourth-order valence-electron chi connectivity index (χ4n) is 2.14. The maximum Gasteiger partial charge on any atom is 0.416 e. The number of rotatable bonds is 4. The molecule has 10 heteroatoms. The van der Waals surface area contributed by atoms with Crippen LogP contribution in [0.2, 0.25) is 0 Å². The summed E-state index contributed by atoms with van der Waals surface area (Å²) in [5.41, 5.74) is -1.28. The fourth-order valence-corrected chi connectivity index (χ4v) is 2.14. The summed E-state index contributed by atoms with van der Waals surface area (Å²) < 4.78 is 48.4. The van der Waals surface area contributed by atoms with Crippen molar-refractivity contribution in [2.75, 3.05) is 0 Å². The van der Waals surface area contributed by atoms with Gasteiger partial charge in [-0.15, -0.1) is 0 Å². The van der Waals surface area contributed by atoms with E-state index < -0.39 is 22.4 Å². The van der Waals surface area contributed by atoms with E-state index in [4.69, 9.17) is 9.26 Å². The number of benzene rings is 2. The summed E-state index contributed by atoms with van der Waals surface area (Å²) in [7, 11) is 0. The van der Waals surface area contributed by atoms with E-state index in [1.807, 2.05) is 0 Å². The van der Waals surface area contributed by atoms with Gasteiger partial charge in [-0.1, -0.05) is 5.16 Å². The summed E-state index contributed by atoms with van der Waals surface area (Å²) in [5.74, 6) is 0.651. The van der Waals surface area contributed by atoms with Crippen molar-refractivity contribution < 1.29 is 27.4 Å². The standard InChI is InChI=1S/C16H10F3N3O4/c1-9-20-15(21-26-9)10-2-5-12(6-3-10)25-14-7-4-11(16(17,18)19)8-13(14)22(23)24/h2-8H,1H3. The molecule has 3 rings (SSSR count). The van der Waals surface area contributed by atoms with Gasteiger partial charge in [-0.3, -0.25) is 10.1 Å². The molecule has 134 valence electrons. The van der Waals surface area contributed by atoms with Crippen LogP contribution in [0, 0.1) is 17.0 Å². The zero-order valence-electron chi connectivity index (χ0n) is 13.1. The van der Waals surface area contributed by atoms with E-state index in [1.54, 1.807) is 19.1 Å². The Bertz CT molecular complexity index is 952. The second-order valence-corrected chi connectivity index (χ2v) is 5.20. The molecule has 0 aliphatic carbocycles. The summed E-state index contributed by atoms with van der Waals surface area (Å²) in [6, 6.07) is 8.23. The zero-order chi connectivity index (χ0) is 18.9. The van der Waals surface area contributed by atoms with Crippen molar-refractivity contribution in [3.8, 4) is 22.9 Å². The van der Waals surface area contributed by atoms with Gasteiger partial charge in [0.1, 0.15) is 5.75 Å². The van der Waals surface area contributed by atoms with E-state index in [1.165, 1.54) is 12.1 Å². The highest BCUT2D eigenvalue weighted by molar-refractivity contribution is 5.57. The van der Waals surface area contributed by atoms with Crippen LogP contribution in [0.5, 0.6) is 11.5 Å². The number of ether oxygens (including phenoxy) is 1. The lowest BCUT2D eigenvalue weighted by molar-refractivity contribution is -0.385. The van der Waals surface area contributed by atoms with Gasteiger partial charge in [-0.05, 0) is 36.4 Å². The maximum absolute atomic E-state index is 12.7. The van der Waals surface area contributed by atoms with Crippen LogP contribution in [0.4, 0.5) is 18.9 Å². The molecule has 3 aromatic rings. The first-order chi connectivity index (χ1) is 12.2. The second-order valence-electron chi connectivity index (χ2n) is 5.20. The maximum atomic E-state index is 12.7. The molecule has 0 unspecified atom stereocenters. The lowest BCUT2D eigenvalue weighted by Crippen LogP contribution is -2.06. The number of aryl methyl sites for hydroxylation is 1. The van der Waals surface area contributed by atoms with E-state index in [9.17, 15) is 23.3 Å². The first-order valence-electron chi connectivity index (χ1n) is 7.18. The molecule has 0 aliphatic heterocycles. The van der Waals surface area contributed by atoms with Crippen LogP contribution in [0.1, 0.15) is 11.5 Å². The van der Waals surface area contributed by atoms with Crippen molar-refractivity contribution in [1.29, 1.82) is 0 Å². The molecule has 0 bridgehead atoms. The van der Waals surface area contributed by atoms with Crippen molar-refractivity contribution in [2.45, 2.75) is 13.1 Å². The average molecular weight is 365 g/mol. The molecule has 0 spiro atoms. The van der Waals surface area contributed by atoms with Crippen LogP contribution in [0.25, 0.3) is 11.4 Å². The smallest absolute Gasteiger partial charge is 0.416 e. The van der Waals surface area contributed by atoms with Gasteiger partial charge in [0.25, 0.3) is 0 Å². The SMILES string of the molecule is Cc1nc(-c2ccc(Oc3ccc(C(F)(F)F)cc3[N+](=O)[O-])cc2)no1. The number of hydrogen-bond donors (Lipinski definition) is 0. The average Bonchev–Trinajstić information content (AvgIpc) is 3.01. The third-order valence-electron chi connectivity index (χ3n) is 3.35. The molecule has 0 aliphatic rings. The van der Waals surface area contributed by atoms with Gasteiger partial charge in [0.05, 0.1) is 10.5 Å². The minimum atomic E-state index is -4.69. The number of aromatic nitrogens is 2. The summed E-state index contributed by atoms with van der Waals surface area (Å²) in [6.45, 7) is 1.64. The molecule has 2 aromatic carbocycles. The lowest BCUT2D eigenvalue weighted by atomic mass is 10.1. The summed E-state index contributed by atoms with van der Waals surface area (Å²) >= 11 is 0. The molecule has 7 nitrogen and oxygen atoms in total. The summed E-state index contributed by atoms with van der Waals surface area (Å²) in [6.07, 6.45) is -4.69. The Hall–Kier alpha value is -3.43. The summed E-state index contributed by atoms with van der Waals surface area (Å²) in [4.78, 5) is 14.2. The van der Waals surface area contributed by atoms with E-state index in [0.29, 0.717) is 23.3 Å². The zero-order valence-corrected chi connectivity index (χ0v) is 13.1. The molecule has 1 aromatic heterocycles. The van der Waals surface area contributed by atoms with Gasteiger partial charge in [-0.25, -0.2) is 0 Å². The Morgan fingerprint density at radius 2 is 1.85 bits per heavy atom. The first kappa shape index (κ1) is 17.4. The van der Waals surface area contributed by atoms with Gasteiger partial charge in [0, 0.05) is 18.6 Å². The van der Waals surface area contributed by atoms with E-state index in [0.717, 1.165) is 12.1 Å². The molecule has 0 saturated carbocycles. The van der Waals surface area contributed by atoms with Crippen LogP contribution in [-0.2, 0) is 6.18 Å². The number of alkyl halides is 3. The highest BCUT2D eigenvalue weighted by Gasteiger charge is 2.33. The van der Waals surface area contributed by atoms with Crippen molar-refractivity contribution in [2.24, 2.45) is 0 Å². The minimum Gasteiger partial charge on any atom is -0.450 e. The Morgan fingerprint density at radius 3 is 2.38 bits per heavy atom. The van der Waals surface area contributed by atoms with Crippen molar-refractivity contribution in [3.63, 3.8) is 0 Å². The first-order valence-corrected chi connectivity index (χ1v) is 7.18. The molecule has 1 heterocycles. The second kappa shape index (κ2) is 6.47. The molecule has 26 heavy (non-hydrogen) atoms. The molecular weight excluding hydrogens is 355 g/mol. The Kier molecular flexibility index (Phi) is 4.33. The number of nitrogens with zero attached hydrogens (tertiary/aromatic N) is 3. The van der Waals surface area contributed by atoms with Gasteiger partial charge >= 0.3 is 11.9 Å². The highest BCUT2D eigenvalue weighted by atomic mass is 19.4. The predicted octanol–water partition coefficient (Wildman–Crippen LogP) is 4.76. The predicted molar refractivity (Wildman–Crippen MR) is 82.6 cm³/mol. The molecule has 0 N–H and O–H groups in total. The lowest BCUT2D eigenvalue weighted by Gasteiger charge is -2.10. The topological polar surface area (TPSA) is 91.3 Å². The van der Waals surface area contributed by atoms with Crippen LogP contribution in [0.3, 0.4) is 0 Å². The van der Waals surface area contributed by atoms with Crippen molar-refractivity contribution in [3.05, 3.63) is 64.0 Å². The number of nitro groups is 1. The third kappa shape index (κ3) is 3.63. The van der Waals surface area contributed by atoms with Gasteiger partial charge < -0.3 is 9.26 Å². The molecule has 0 radical (unpaired) electrons. The Labute approximate surface area is 144 Å². The largest absolute Gasteiger partial charge is 0.450 e. The van der Waals surface area contributed by atoms with Crippen LogP contribution in [-0.4, -0.2) is 15.1 Å².